The lowest BCUT2D eigenvalue weighted by atomic mass is 10.0. The fourth-order valence-electron chi connectivity index (χ4n) is 2.41. The van der Waals surface area contributed by atoms with Gasteiger partial charge in [0.15, 0.2) is 5.69 Å². The molecule has 0 aliphatic carbocycles. The lowest BCUT2D eigenvalue weighted by Gasteiger charge is -2.03. The number of fused-ring (bicyclic) bond motifs is 1. The summed E-state index contributed by atoms with van der Waals surface area (Å²) in [6.45, 7) is 2.09. The monoisotopic (exact) mass is 312 g/mol. The SMILES string of the molecule is CC/C=C(\c1nc(C(=O)OC)cs1)c1c[nH]c2ccccc12. The Morgan fingerprint density at radius 2 is 2.23 bits per heavy atom. The summed E-state index contributed by atoms with van der Waals surface area (Å²) in [6.07, 6.45) is 5.02. The Labute approximate surface area is 132 Å². The van der Waals surface area contributed by atoms with Gasteiger partial charge in [-0.1, -0.05) is 31.2 Å². The van der Waals surface area contributed by atoms with Crippen LogP contribution in [0, 0.1) is 0 Å². The van der Waals surface area contributed by atoms with E-state index in [2.05, 4.69) is 29.0 Å². The molecule has 0 aliphatic rings. The second-order valence-corrected chi connectivity index (χ2v) is 5.66. The molecule has 0 aliphatic heterocycles. The molecule has 4 nitrogen and oxygen atoms in total. The maximum Gasteiger partial charge on any atom is 0.357 e. The number of carbonyl (C=O) groups is 1. The minimum absolute atomic E-state index is 0.351. The second-order valence-electron chi connectivity index (χ2n) is 4.80. The molecular weight excluding hydrogens is 296 g/mol. The van der Waals surface area contributed by atoms with Gasteiger partial charge < -0.3 is 9.72 Å². The largest absolute Gasteiger partial charge is 0.464 e. The number of hydrogen-bond acceptors (Lipinski definition) is 4. The minimum Gasteiger partial charge on any atom is -0.464 e. The quantitative estimate of drug-likeness (QED) is 0.733. The Hall–Kier alpha value is -2.40. The van der Waals surface area contributed by atoms with Gasteiger partial charge >= 0.3 is 5.97 Å². The van der Waals surface area contributed by atoms with Crippen LogP contribution in [0.15, 0.2) is 41.9 Å². The fourth-order valence-corrected chi connectivity index (χ4v) is 3.25. The van der Waals surface area contributed by atoms with Crippen molar-refractivity contribution in [2.75, 3.05) is 7.11 Å². The van der Waals surface area contributed by atoms with Crippen molar-refractivity contribution in [3.05, 3.63) is 58.2 Å². The summed E-state index contributed by atoms with van der Waals surface area (Å²) in [6, 6.07) is 8.15. The summed E-state index contributed by atoms with van der Waals surface area (Å²) in [5, 5.41) is 3.71. The number of aromatic nitrogens is 2. The highest BCUT2D eigenvalue weighted by molar-refractivity contribution is 7.11. The number of esters is 1. The van der Waals surface area contributed by atoms with E-state index in [-0.39, 0.29) is 0 Å². The minimum atomic E-state index is -0.405. The maximum absolute atomic E-state index is 11.6. The molecule has 0 amide bonds. The summed E-state index contributed by atoms with van der Waals surface area (Å²) in [4.78, 5) is 19.3. The molecule has 2 heterocycles. The predicted octanol–water partition coefficient (Wildman–Crippen LogP) is 4.25. The van der Waals surface area contributed by atoms with Crippen LogP contribution < -0.4 is 0 Å². The molecule has 3 aromatic rings. The lowest BCUT2D eigenvalue weighted by molar-refractivity contribution is 0.0595. The Kier molecular flexibility index (Phi) is 4.06. The first-order valence-corrected chi connectivity index (χ1v) is 7.93. The average Bonchev–Trinajstić information content (AvgIpc) is 3.19. The van der Waals surface area contributed by atoms with Gasteiger partial charge in [0.2, 0.25) is 0 Å². The number of thiazole rings is 1. The molecule has 0 fully saturated rings. The van der Waals surface area contributed by atoms with Crippen molar-refractivity contribution in [2.24, 2.45) is 0 Å². The van der Waals surface area contributed by atoms with Crippen LogP contribution in [0.2, 0.25) is 0 Å². The molecule has 0 saturated heterocycles. The summed E-state index contributed by atoms with van der Waals surface area (Å²) in [5.41, 5.74) is 3.58. The normalized spacial score (nSPS) is 11.8. The van der Waals surface area contributed by atoms with Crippen molar-refractivity contribution in [1.29, 1.82) is 0 Å². The smallest absolute Gasteiger partial charge is 0.357 e. The van der Waals surface area contributed by atoms with Crippen LogP contribution in [0.1, 0.15) is 34.4 Å². The zero-order valence-corrected chi connectivity index (χ0v) is 13.2. The summed E-state index contributed by atoms with van der Waals surface area (Å²) in [5.74, 6) is -0.405. The van der Waals surface area contributed by atoms with E-state index in [4.69, 9.17) is 4.74 Å². The number of rotatable bonds is 4. The number of nitrogens with one attached hydrogen (secondary N) is 1. The van der Waals surface area contributed by atoms with Crippen LogP contribution in [0.5, 0.6) is 0 Å². The average molecular weight is 312 g/mol. The van der Waals surface area contributed by atoms with Gasteiger partial charge in [-0.25, -0.2) is 9.78 Å². The highest BCUT2D eigenvalue weighted by atomic mass is 32.1. The van der Waals surface area contributed by atoms with E-state index in [1.54, 1.807) is 5.38 Å². The van der Waals surface area contributed by atoms with Crippen LogP contribution in [0.25, 0.3) is 16.5 Å². The number of ether oxygens (including phenoxy) is 1. The first kappa shape index (κ1) is 14.5. The van der Waals surface area contributed by atoms with Gasteiger partial charge in [0.1, 0.15) is 5.01 Å². The lowest BCUT2D eigenvalue weighted by Crippen LogP contribution is -2.01. The number of allylic oxidation sites excluding steroid dienone is 1. The Bertz CT molecular complexity index is 845. The van der Waals surface area contributed by atoms with E-state index in [9.17, 15) is 4.79 Å². The third-order valence-corrected chi connectivity index (χ3v) is 4.29. The van der Waals surface area contributed by atoms with Crippen LogP contribution in [-0.2, 0) is 4.74 Å². The van der Waals surface area contributed by atoms with Crippen molar-refractivity contribution >= 4 is 33.8 Å². The summed E-state index contributed by atoms with van der Waals surface area (Å²) in [7, 11) is 1.36. The van der Waals surface area contributed by atoms with Crippen LogP contribution in [0.3, 0.4) is 0 Å². The van der Waals surface area contributed by atoms with Crippen LogP contribution in [0.4, 0.5) is 0 Å². The van der Waals surface area contributed by atoms with E-state index in [1.165, 1.54) is 18.4 Å². The number of para-hydroxylation sites is 1. The zero-order valence-electron chi connectivity index (χ0n) is 12.4. The van der Waals surface area contributed by atoms with Crippen LogP contribution >= 0.6 is 11.3 Å². The zero-order chi connectivity index (χ0) is 15.5. The van der Waals surface area contributed by atoms with Gasteiger partial charge in [0.25, 0.3) is 0 Å². The Balaban J connectivity index is 2.09. The van der Waals surface area contributed by atoms with Crippen LogP contribution in [-0.4, -0.2) is 23.0 Å². The first-order valence-electron chi connectivity index (χ1n) is 7.05. The first-order chi connectivity index (χ1) is 10.7. The van der Waals surface area contributed by atoms with Gasteiger partial charge in [-0.15, -0.1) is 11.3 Å². The Morgan fingerprint density at radius 3 is 3.00 bits per heavy atom. The van der Waals surface area contributed by atoms with Crippen molar-refractivity contribution in [3.63, 3.8) is 0 Å². The summed E-state index contributed by atoms with van der Waals surface area (Å²) >= 11 is 1.45. The molecule has 3 rings (SSSR count). The number of carbonyl (C=O) groups excluding carboxylic acids is 1. The molecule has 1 aromatic carbocycles. The summed E-state index contributed by atoms with van der Waals surface area (Å²) < 4.78 is 4.73. The number of benzene rings is 1. The van der Waals surface area contributed by atoms with E-state index < -0.39 is 5.97 Å². The number of hydrogen-bond donors (Lipinski definition) is 1. The molecule has 5 heteroatoms. The Morgan fingerprint density at radius 1 is 1.41 bits per heavy atom. The molecule has 22 heavy (non-hydrogen) atoms. The van der Waals surface area contributed by atoms with Crippen molar-refractivity contribution in [3.8, 4) is 0 Å². The van der Waals surface area contributed by atoms with E-state index in [0.717, 1.165) is 33.5 Å². The molecular formula is C17H16N2O2S. The number of H-pyrrole nitrogens is 1. The van der Waals surface area contributed by atoms with E-state index in [0.29, 0.717) is 5.69 Å². The van der Waals surface area contributed by atoms with Gasteiger partial charge in [0, 0.05) is 33.6 Å². The molecule has 2 aromatic heterocycles. The second kappa shape index (κ2) is 6.15. The van der Waals surface area contributed by atoms with Crippen molar-refractivity contribution < 1.29 is 9.53 Å². The molecule has 1 N–H and O–H groups in total. The molecule has 0 unspecified atom stereocenters. The van der Waals surface area contributed by atoms with Gasteiger partial charge in [0.05, 0.1) is 7.11 Å². The third-order valence-electron chi connectivity index (χ3n) is 3.42. The number of nitrogens with zero attached hydrogens (tertiary/aromatic N) is 1. The highest BCUT2D eigenvalue weighted by Crippen LogP contribution is 2.32. The van der Waals surface area contributed by atoms with Gasteiger partial charge in [-0.2, -0.15) is 0 Å². The predicted molar refractivity (Wildman–Crippen MR) is 89.1 cm³/mol. The van der Waals surface area contributed by atoms with Crippen molar-refractivity contribution in [1.82, 2.24) is 9.97 Å². The molecule has 0 atom stereocenters. The number of aromatic amines is 1. The van der Waals surface area contributed by atoms with E-state index in [1.807, 2.05) is 24.4 Å². The maximum atomic E-state index is 11.6. The van der Waals surface area contributed by atoms with Gasteiger partial charge in [-0.3, -0.25) is 0 Å². The third kappa shape index (κ3) is 2.55. The molecule has 0 saturated carbocycles. The topological polar surface area (TPSA) is 55.0 Å². The van der Waals surface area contributed by atoms with Crippen molar-refractivity contribution in [2.45, 2.75) is 13.3 Å². The molecule has 0 spiro atoms. The standard InChI is InChI=1S/C17H16N2O2S/c1-3-6-12(16-19-15(10-22-16)17(20)21-2)13-9-18-14-8-5-4-7-11(13)14/h4-10,18H,3H2,1-2H3/b12-6-. The molecule has 0 bridgehead atoms. The molecule has 112 valence electrons. The number of methoxy groups -OCH3 is 1. The van der Waals surface area contributed by atoms with E-state index >= 15 is 0 Å². The fraction of sp³-hybridized carbons (Fsp3) is 0.176. The highest BCUT2D eigenvalue weighted by Gasteiger charge is 2.16. The molecule has 0 radical (unpaired) electrons. The van der Waals surface area contributed by atoms with Gasteiger partial charge in [-0.05, 0) is 12.5 Å².